The third-order valence-electron chi connectivity index (χ3n) is 1.83. The summed E-state index contributed by atoms with van der Waals surface area (Å²) in [5.41, 5.74) is 0.315. The lowest BCUT2D eigenvalue weighted by molar-refractivity contribution is 0.320. The van der Waals surface area contributed by atoms with E-state index in [2.05, 4.69) is 26.1 Å². The molecule has 0 heterocycles. The molecule has 62 valence electrons. The summed E-state index contributed by atoms with van der Waals surface area (Å²) in [5.74, 6) is 0. The van der Waals surface area contributed by atoms with Gasteiger partial charge in [-0.2, -0.15) is 0 Å². The number of halogens is 1. The van der Waals surface area contributed by atoms with Crippen molar-refractivity contribution in [1.82, 2.24) is 5.32 Å². The Hall–Kier alpha value is -0.110. The smallest absolute Gasteiger partial charge is 0.102 e. The third-order valence-corrected chi connectivity index (χ3v) is 1.83. The highest BCUT2D eigenvalue weighted by molar-refractivity contribution is 4.68. The minimum atomic E-state index is -0.264. The van der Waals surface area contributed by atoms with Gasteiger partial charge in [-0.1, -0.05) is 20.8 Å². The topological polar surface area (TPSA) is 12.0 Å². The Morgan fingerprint density at radius 1 is 1.40 bits per heavy atom. The summed E-state index contributed by atoms with van der Waals surface area (Å²) in [7, 11) is 0. The van der Waals surface area contributed by atoms with E-state index in [9.17, 15) is 4.39 Å². The first-order chi connectivity index (χ1) is 4.62. The van der Waals surface area contributed by atoms with E-state index < -0.39 is 0 Å². The van der Waals surface area contributed by atoms with Crippen molar-refractivity contribution in [3.8, 4) is 0 Å². The van der Waals surface area contributed by atoms with Gasteiger partial charge >= 0.3 is 0 Å². The Balaban J connectivity index is 3.28. The molecule has 0 rings (SSSR count). The zero-order valence-electron chi connectivity index (χ0n) is 7.21. The Labute approximate surface area is 63.0 Å². The number of alkyl halides is 1. The molecule has 0 bridgehead atoms. The largest absolute Gasteiger partial charge is 0.314 e. The van der Waals surface area contributed by atoms with Crippen LogP contribution < -0.4 is 5.32 Å². The first-order valence-electron chi connectivity index (χ1n) is 3.89. The van der Waals surface area contributed by atoms with Crippen LogP contribution in [0.4, 0.5) is 4.39 Å². The number of rotatable bonds is 5. The molecule has 2 heteroatoms. The van der Waals surface area contributed by atoms with Crippen molar-refractivity contribution in [1.29, 1.82) is 0 Å². The molecule has 0 saturated carbocycles. The van der Waals surface area contributed by atoms with E-state index in [0.717, 1.165) is 13.0 Å². The summed E-state index contributed by atoms with van der Waals surface area (Å²) in [6.07, 6.45) is 1.13. The van der Waals surface area contributed by atoms with Crippen LogP contribution in [-0.4, -0.2) is 19.8 Å². The average Bonchev–Trinajstić information content (AvgIpc) is 1.89. The van der Waals surface area contributed by atoms with Crippen molar-refractivity contribution in [2.75, 3.05) is 19.8 Å². The molecule has 0 aromatic heterocycles. The molecule has 0 radical (unpaired) electrons. The van der Waals surface area contributed by atoms with Crippen molar-refractivity contribution in [2.24, 2.45) is 5.41 Å². The molecule has 0 fully saturated rings. The van der Waals surface area contributed by atoms with Gasteiger partial charge in [0.25, 0.3) is 0 Å². The monoisotopic (exact) mass is 147 g/mol. The van der Waals surface area contributed by atoms with E-state index in [-0.39, 0.29) is 6.67 Å². The van der Waals surface area contributed by atoms with Crippen LogP contribution in [0.25, 0.3) is 0 Å². The lowest BCUT2D eigenvalue weighted by Gasteiger charge is -2.22. The lowest BCUT2D eigenvalue weighted by Crippen LogP contribution is -2.30. The van der Waals surface area contributed by atoms with Gasteiger partial charge in [-0.15, -0.1) is 0 Å². The fourth-order valence-electron chi connectivity index (χ4n) is 0.619. The highest BCUT2D eigenvalue weighted by Gasteiger charge is 2.13. The minimum absolute atomic E-state index is 0.264. The number of hydrogen-bond acceptors (Lipinski definition) is 1. The zero-order chi connectivity index (χ0) is 8.04. The minimum Gasteiger partial charge on any atom is -0.314 e. The van der Waals surface area contributed by atoms with Crippen LogP contribution in [0.1, 0.15) is 27.2 Å². The van der Waals surface area contributed by atoms with E-state index in [0.29, 0.717) is 12.0 Å². The Bertz CT molecular complexity index is 81.3. The highest BCUT2D eigenvalue weighted by atomic mass is 19.1. The molecule has 0 saturated heterocycles. The maximum Gasteiger partial charge on any atom is 0.102 e. The summed E-state index contributed by atoms with van der Waals surface area (Å²) in [5, 5.41) is 3.05. The standard InChI is InChI=1S/C8H18FN/c1-4-8(2,3)7-10-6-5-9/h10H,4-7H2,1-3H3. The Morgan fingerprint density at radius 3 is 2.40 bits per heavy atom. The lowest BCUT2D eigenvalue weighted by atomic mass is 9.90. The van der Waals surface area contributed by atoms with Crippen molar-refractivity contribution in [2.45, 2.75) is 27.2 Å². The van der Waals surface area contributed by atoms with Gasteiger partial charge in [-0.05, 0) is 11.8 Å². The predicted octanol–water partition coefficient (Wildman–Crippen LogP) is 1.98. The maximum absolute atomic E-state index is 11.6. The molecule has 0 atom stereocenters. The molecule has 0 aromatic rings. The molecule has 0 aliphatic heterocycles. The van der Waals surface area contributed by atoms with Crippen LogP contribution in [0.3, 0.4) is 0 Å². The molecule has 0 unspecified atom stereocenters. The average molecular weight is 147 g/mol. The molecule has 1 N–H and O–H groups in total. The van der Waals surface area contributed by atoms with Gasteiger partial charge in [0.15, 0.2) is 0 Å². The van der Waals surface area contributed by atoms with Crippen LogP contribution in [0.15, 0.2) is 0 Å². The molecule has 1 nitrogen and oxygen atoms in total. The Kier molecular flexibility index (Phi) is 4.62. The molecular weight excluding hydrogens is 129 g/mol. The van der Waals surface area contributed by atoms with E-state index >= 15 is 0 Å². The van der Waals surface area contributed by atoms with E-state index in [4.69, 9.17) is 0 Å². The molecule has 0 aliphatic rings. The first kappa shape index (κ1) is 9.89. The van der Waals surface area contributed by atoms with E-state index in [1.807, 2.05) is 0 Å². The number of nitrogens with one attached hydrogen (secondary N) is 1. The first-order valence-corrected chi connectivity index (χ1v) is 3.89. The summed E-state index contributed by atoms with van der Waals surface area (Å²) in [6, 6.07) is 0. The maximum atomic E-state index is 11.6. The second kappa shape index (κ2) is 4.67. The third kappa shape index (κ3) is 4.74. The van der Waals surface area contributed by atoms with Crippen molar-refractivity contribution in [3.63, 3.8) is 0 Å². The van der Waals surface area contributed by atoms with Crippen molar-refractivity contribution >= 4 is 0 Å². The van der Waals surface area contributed by atoms with Crippen LogP contribution in [0, 0.1) is 5.41 Å². The zero-order valence-corrected chi connectivity index (χ0v) is 7.21. The van der Waals surface area contributed by atoms with Gasteiger partial charge < -0.3 is 5.32 Å². The van der Waals surface area contributed by atoms with E-state index in [1.54, 1.807) is 0 Å². The molecule has 0 amide bonds. The van der Waals surface area contributed by atoms with Crippen LogP contribution in [0.5, 0.6) is 0 Å². The normalized spacial score (nSPS) is 12.0. The predicted molar refractivity (Wildman–Crippen MR) is 42.9 cm³/mol. The van der Waals surface area contributed by atoms with Crippen LogP contribution in [-0.2, 0) is 0 Å². The van der Waals surface area contributed by atoms with Crippen molar-refractivity contribution in [3.05, 3.63) is 0 Å². The molecular formula is C8H18FN. The molecule has 0 aliphatic carbocycles. The van der Waals surface area contributed by atoms with E-state index in [1.165, 1.54) is 0 Å². The summed E-state index contributed by atoms with van der Waals surface area (Å²) >= 11 is 0. The fraction of sp³-hybridized carbons (Fsp3) is 1.00. The Morgan fingerprint density at radius 2 is 2.00 bits per heavy atom. The van der Waals surface area contributed by atoms with Gasteiger partial charge in [0.05, 0.1) is 0 Å². The highest BCUT2D eigenvalue weighted by Crippen LogP contribution is 2.17. The molecule has 10 heavy (non-hydrogen) atoms. The van der Waals surface area contributed by atoms with Crippen LogP contribution in [0.2, 0.25) is 0 Å². The van der Waals surface area contributed by atoms with Crippen LogP contribution >= 0.6 is 0 Å². The van der Waals surface area contributed by atoms with Gasteiger partial charge in [-0.25, -0.2) is 4.39 Å². The SMILES string of the molecule is CCC(C)(C)CNCCF. The number of hydrogen-bond donors (Lipinski definition) is 1. The van der Waals surface area contributed by atoms with Gasteiger partial charge in [-0.3, -0.25) is 0 Å². The molecule has 0 spiro atoms. The summed E-state index contributed by atoms with van der Waals surface area (Å²) in [6.45, 7) is 7.64. The quantitative estimate of drug-likeness (QED) is 0.586. The summed E-state index contributed by atoms with van der Waals surface area (Å²) in [4.78, 5) is 0. The second-order valence-electron chi connectivity index (χ2n) is 3.38. The van der Waals surface area contributed by atoms with Gasteiger partial charge in [0.2, 0.25) is 0 Å². The fourth-order valence-corrected chi connectivity index (χ4v) is 0.619. The summed E-state index contributed by atoms with van der Waals surface area (Å²) < 4.78 is 11.6. The van der Waals surface area contributed by atoms with Gasteiger partial charge in [0, 0.05) is 13.1 Å². The van der Waals surface area contributed by atoms with Crippen molar-refractivity contribution < 1.29 is 4.39 Å². The second-order valence-corrected chi connectivity index (χ2v) is 3.38. The van der Waals surface area contributed by atoms with Gasteiger partial charge in [0.1, 0.15) is 6.67 Å². The molecule has 0 aromatic carbocycles.